The summed E-state index contributed by atoms with van der Waals surface area (Å²) in [5.74, 6) is 1.45. The van der Waals surface area contributed by atoms with Crippen LogP contribution in [0.1, 0.15) is 46.5 Å². The number of amides is 1. The second-order valence-electron chi connectivity index (χ2n) is 7.73. The lowest BCUT2D eigenvalue weighted by Gasteiger charge is -2.39. The van der Waals surface area contributed by atoms with Crippen LogP contribution in [-0.4, -0.2) is 35.3 Å². The number of benzene rings is 1. The molecule has 23 heavy (non-hydrogen) atoms. The number of fused-ring (bicyclic) bond motifs is 2. The second-order valence-corrected chi connectivity index (χ2v) is 7.73. The lowest BCUT2D eigenvalue weighted by atomic mass is 9.91. The fraction of sp³-hybridized carbons (Fsp3) is 0.632. The highest BCUT2D eigenvalue weighted by molar-refractivity contribution is 5.69. The molecule has 2 fully saturated rings. The molecule has 126 valence electrons. The minimum absolute atomic E-state index is 0.146. The predicted molar refractivity (Wildman–Crippen MR) is 89.5 cm³/mol. The molecular weight excluding hydrogens is 290 g/mol. The summed E-state index contributed by atoms with van der Waals surface area (Å²) >= 11 is 0. The van der Waals surface area contributed by atoms with Gasteiger partial charge in [-0.25, -0.2) is 4.79 Å². The number of ether oxygens (including phenoxy) is 2. The molecule has 2 bridgehead atoms. The maximum atomic E-state index is 12.4. The molecule has 4 heteroatoms. The van der Waals surface area contributed by atoms with Crippen molar-refractivity contribution in [1.82, 2.24) is 4.90 Å². The lowest BCUT2D eigenvalue weighted by Crippen LogP contribution is -2.49. The van der Waals surface area contributed by atoms with Crippen molar-refractivity contribution in [2.45, 2.75) is 64.1 Å². The van der Waals surface area contributed by atoms with Crippen LogP contribution < -0.4 is 4.74 Å². The highest BCUT2D eigenvalue weighted by atomic mass is 16.6. The van der Waals surface area contributed by atoms with E-state index in [2.05, 4.69) is 0 Å². The molecule has 0 saturated carbocycles. The Bertz CT molecular complexity index is 523. The number of piperidine rings is 1. The molecule has 2 atom stereocenters. The van der Waals surface area contributed by atoms with E-state index < -0.39 is 5.60 Å². The van der Waals surface area contributed by atoms with Gasteiger partial charge in [-0.1, -0.05) is 18.2 Å². The summed E-state index contributed by atoms with van der Waals surface area (Å²) < 4.78 is 11.5. The van der Waals surface area contributed by atoms with E-state index in [4.69, 9.17) is 9.47 Å². The van der Waals surface area contributed by atoms with Crippen molar-refractivity contribution in [3.8, 4) is 5.75 Å². The number of hydrogen-bond donors (Lipinski definition) is 0. The quantitative estimate of drug-likeness (QED) is 0.837. The molecule has 0 N–H and O–H groups in total. The van der Waals surface area contributed by atoms with Gasteiger partial charge >= 0.3 is 6.09 Å². The van der Waals surface area contributed by atoms with Crippen molar-refractivity contribution in [2.24, 2.45) is 5.92 Å². The highest BCUT2D eigenvalue weighted by Gasteiger charge is 2.44. The van der Waals surface area contributed by atoms with E-state index in [9.17, 15) is 4.79 Å². The molecule has 2 aliphatic heterocycles. The van der Waals surface area contributed by atoms with Crippen molar-refractivity contribution >= 4 is 6.09 Å². The molecule has 0 radical (unpaired) electrons. The first-order valence-electron chi connectivity index (χ1n) is 8.61. The van der Waals surface area contributed by atoms with Crippen molar-refractivity contribution in [1.29, 1.82) is 0 Å². The minimum Gasteiger partial charge on any atom is -0.493 e. The summed E-state index contributed by atoms with van der Waals surface area (Å²) in [7, 11) is 0. The lowest BCUT2D eigenvalue weighted by molar-refractivity contribution is -0.000960. The summed E-state index contributed by atoms with van der Waals surface area (Å²) in [5, 5.41) is 0. The third-order valence-electron chi connectivity index (χ3n) is 4.66. The molecule has 2 unspecified atom stereocenters. The number of carbonyl (C=O) groups is 1. The second kappa shape index (κ2) is 6.42. The van der Waals surface area contributed by atoms with Crippen LogP contribution in [0.3, 0.4) is 0 Å². The Morgan fingerprint density at radius 3 is 2.30 bits per heavy atom. The molecule has 2 aliphatic rings. The molecule has 0 spiro atoms. The van der Waals surface area contributed by atoms with Gasteiger partial charge in [0.1, 0.15) is 11.4 Å². The van der Waals surface area contributed by atoms with E-state index in [1.807, 2.05) is 56.0 Å². The summed E-state index contributed by atoms with van der Waals surface area (Å²) in [4.78, 5) is 14.4. The Morgan fingerprint density at radius 1 is 1.13 bits per heavy atom. The van der Waals surface area contributed by atoms with Crippen LogP contribution in [0.2, 0.25) is 0 Å². The number of nitrogens with zero attached hydrogens (tertiary/aromatic N) is 1. The van der Waals surface area contributed by atoms with Gasteiger partial charge in [0.2, 0.25) is 0 Å². The Kier molecular flexibility index (Phi) is 4.51. The number of rotatable bonds is 3. The van der Waals surface area contributed by atoms with E-state index in [1.54, 1.807) is 0 Å². The molecule has 1 aromatic carbocycles. The smallest absolute Gasteiger partial charge is 0.410 e. The van der Waals surface area contributed by atoms with Crippen LogP contribution in [0.4, 0.5) is 4.79 Å². The molecule has 2 saturated heterocycles. The fourth-order valence-electron chi connectivity index (χ4n) is 3.77. The Balaban J connectivity index is 1.55. The summed E-state index contributed by atoms with van der Waals surface area (Å²) in [6, 6.07) is 10.6. The zero-order valence-corrected chi connectivity index (χ0v) is 14.3. The third-order valence-corrected chi connectivity index (χ3v) is 4.66. The van der Waals surface area contributed by atoms with Crippen LogP contribution in [0.5, 0.6) is 5.75 Å². The average molecular weight is 317 g/mol. The van der Waals surface area contributed by atoms with Gasteiger partial charge in [0, 0.05) is 12.1 Å². The van der Waals surface area contributed by atoms with E-state index >= 15 is 0 Å². The third kappa shape index (κ3) is 3.98. The van der Waals surface area contributed by atoms with Gasteiger partial charge in [-0.15, -0.1) is 0 Å². The monoisotopic (exact) mass is 317 g/mol. The largest absolute Gasteiger partial charge is 0.493 e. The zero-order chi connectivity index (χ0) is 16.4. The number of hydrogen-bond acceptors (Lipinski definition) is 3. The maximum absolute atomic E-state index is 12.4. The molecular formula is C19H27NO3. The normalized spacial score (nSPS) is 26.9. The van der Waals surface area contributed by atoms with Crippen LogP contribution in [0.25, 0.3) is 0 Å². The van der Waals surface area contributed by atoms with Gasteiger partial charge < -0.3 is 14.4 Å². The van der Waals surface area contributed by atoms with Gasteiger partial charge in [0.15, 0.2) is 0 Å². The van der Waals surface area contributed by atoms with Crippen LogP contribution in [0, 0.1) is 5.92 Å². The molecule has 0 aromatic heterocycles. The van der Waals surface area contributed by atoms with Gasteiger partial charge in [-0.05, 0) is 64.5 Å². The topological polar surface area (TPSA) is 38.8 Å². The molecule has 2 heterocycles. The molecule has 0 aliphatic carbocycles. The molecule has 3 rings (SSSR count). The first-order chi connectivity index (χ1) is 10.9. The van der Waals surface area contributed by atoms with Crippen molar-refractivity contribution in [3.05, 3.63) is 30.3 Å². The summed E-state index contributed by atoms with van der Waals surface area (Å²) in [5.41, 5.74) is -0.427. The molecule has 1 amide bonds. The maximum Gasteiger partial charge on any atom is 0.410 e. The highest BCUT2D eigenvalue weighted by Crippen LogP contribution is 2.39. The van der Waals surface area contributed by atoms with Crippen molar-refractivity contribution < 1.29 is 14.3 Å². The van der Waals surface area contributed by atoms with E-state index in [0.29, 0.717) is 18.0 Å². The van der Waals surface area contributed by atoms with Crippen LogP contribution in [-0.2, 0) is 4.74 Å². The first kappa shape index (κ1) is 16.2. The first-order valence-corrected chi connectivity index (χ1v) is 8.61. The van der Waals surface area contributed by atoms with Crippen molar-refractivity contribution in [3.63, 3.8) is 0 Å². The van der Waals surface area contributed by atoms with Gasteiger partial charge in [0.25, 0.3) is 0 Å². The summed E-state index contributed by atoms with van der Waals surface area (Å²) in [6.45, 7) is 6.51. The Morgan fingerprint density at radius 2 is 1.74 bits per heavy atom. The Labute approximate surface area is 138 Å². The van der Waals surface area contributed by atoms with Gasteiger partial charge in [0.05, 0.1) is 6.61 Å². The van der Waals surface area contributed by atoms with E-state index in [1.165, 1.54) is 0 Å². The standard InChI is InChI=1S/C19H27NO3/c1-19(2,3)23-18(21)20-15-9-10-16(20)12-14(11-15)13-22-17-7-5-4-6-8-17/h4-8,14-16H,9-13H2,1-3H3. The van der Waals surface area contributed by atoms with E-state index in [0.717, 1.165) is 38.0 Å². The number of para-hydroxylation sites is 1. The average Bonchev–Trinajstić information content (AvgIpc) is 2.76. The van der Waals surface area contributed by atoms with Crippen LogP contribution in [0.15, 0.2) is 30.3 Å². The Hall–Kier alpha value is -1.71. The zero-order valence-electron chi connectivity index (χ0n) is 14.3. The van der Waals surface area contributed by atoms with E-state index in [-0.39, 0.29) is 6.09 Å². The van der Waals surface area contributed by atoms with Gasteiger partial charge in [-0.2, -0.15) is 0 Å². The minimum atomic E-state index is -0.427. The predicted octanol–water partition coefficient (Wildman–Crippen LogP) is 4.24. The van der Waals surface area contributed by atoms with Crippen LogP contribution >= 0.6 is 0 Å². The SMILES string of the molecule is CC(C)(C)OC(=O)N1C2CCC1CC(COc1ccccc1)C2. The fourth-order valence-corrected chi connectivity index (χ4v) is 3.77. The molecule has 1 aromatic rings. The van der Waals surface area contributed by atoms with Crippen molar-refractivity contribution in [2.75, 3.05) is 6.61 Å². The number of carbonyl (C=O) groups excluding carboxylic acids is 1. The molecule has 4 nitrogen and oxygen atoms in total. The summed E-state index contributed by atoms with van der Waals surface area (Å²) in [6.07, 6.45) is 4.07. The van der Waals surface area contributed by atoms with Gasteiger partial charge in [-0.3, -0.25) is 0 Å².